The molecule has 5 heteroatoms. The van der Waals surface area contributed by atoms with E-state index in [2.05, 4.69) is 10.6 Å². The van der Waals surface area contributed by atoms with Gasteiger partial charge < -0.3 is 15.4 Å². The van der Waals surface area contributed by atoms with Crippen molar-refractivity contribution in [3.8, 4) is 16.9 Å². The summed E-state index contributed by atoms with van der Waals surface area (Å²) in [5.41, 5.74) is 3.54. The first kappa shape index (κ1) is 19.2. The minimum Gasteiger partial charge on any atom is -0.496 e. The number of ether oxygens (including phenoxy) is 1. The summed E-state index contributed by atoms with van der Waals surface area (Å²) >= 11 is 0. The molecule has 5 nitrogen and oxygen atoms in total. The highest BCUT2D eigenvalue weighted by molar-refractivity contribution is 6.09. The molecule has 2 N–H and O–H groups in total. The van der Waals surface area contributed by atoms with Gasteiger partial charge in [0.25, 0.3) is 5.91 Å². The highest BCUT2D eigenvalue weighted by atomic mass is 16.5. The quantitative estimate of drug-likeness (QED) is 0.641. The van der Waals surface area contributed by atoms with Gasteiger partial charge in [0.1, 0.15) is 5.75 Å². The Kier molecular flexibility index (Phi) is 6.07. The maximum Gasteiger partial charge on any atom is 0.256 e. The second-order valence-electron chi connectivity index (χ2n) is 6.18. The van der Waals surface area contributed by atoms with Crippen LogP contribution in [0.2, 0.25) is 0 Å². The van der Waals surface area contributed by atoms with Crippen LogP contribution in [0.25, 0.3) is 11.1 Å². The minimum absolute atomic E-state index is 0.0532. The van der Waals surface area contributed by atoms with Crippen molar-refractivity contribution < 1.29 is 14.3 Å². The monoisotopic (exact) mass is 374 g/mol. The number of carbonyl (C=O) groups excluding carboxylic acids is 2. The van der Waals surface area contributed by atoms with E-state index >= 15 is 0 Å². The Balaban J connectivity index is 1.83. The van der Waals surface area contributed by atoms with Crippen molar-refractivity contribution in [2.75, 3.05) is 17.7 Å². The molecule has 0 saturated heterocycles. The molecule has 0 atom stereocenters. The molecule has 0 heterocycles. The first-order chi connectivity index (χ1) is 13.6. The molecule has 0 fully saturated rings. The molecule has 0 unspecified atom stereocenters. The van der Waals surface area contributed by atoms with Gasteiger partial charge in [0, 0.05) is 28.9 Å². The van der Waals surface area contributed by atoms with E-state index in [1.807, 2.05) is 42.5 Å². The summed E-state index contributed by atoms with van der Waals surface area (Å²) in [4.78, 5) is 24.4. The van der Waals surface area contributed by atoms with Crippen molar-refractivity contribution in [2.24, 2.45) is 0 Å². The fraction of sp³-hybridized carbons (Fsp3) is 0.130. The van der Waals surface area contributed by atoms with Crippen LogP contribution >= 0.6 is 0 Å². The van der Waals surface area contributed by atoms with Gasteiger partial charge in [0.15, 0.2) is 0 Å². The Labute approximate surface area is 164 Å². The van der Waals surface area contributed by atoms with Crippen LogP contribution in [0.3, 0.4) is 0 Å². The van der Waals surface area contributed by atoms with E-state index in [1.54, 1.807) is 44.4 Å². The lowest BCUT2D eigenvalue weighted by molar-refractivity contribution is -0.115. The molecule has 0 saturated carbocycles. The number of benzene rings is 3. The molecule has 0 aliphatic rings. The molecule has 0 bridgehead atoms. The number of para-hydroxylation sites is 1. The van der Waals surface area contributed by atoms with E-state index in [-0.39, 0.29) is 11.8 Å². The number of amides is 2. The largest absolute Gasteiger partial charge is 0.496 e. The SMILES string of the molecule is CCC(=O)Nc1ccc(NC(=O)c2ccccc2-c2ccccc2OC)cc1. The van der Waals surface area contributed by atoms with E-state index in [0.717, 1.165) is 11.1 Å². The highest BCUT2D eigenvalue weighted by Gasteiger charge is 2.15. The average Bonchev–Trinajstić information content (AvgIpc) is 2.75. The number of rotatable bonds is 6. The molecule has 28 heavy (non-hydrogen) atoms. The van der Waals surface area contributed by atoms with Crippen LogP contribution in [0.15, 0.2) is 72.8 Å². The predicted octanol–water partition coefficient (Wildman–Crippen LogP) is 4.96. The van der Waals surface area contributed by atoms with Crippen LogP contribution in [0.4, 0.5) is 11.4 Å². The number of hydrogen-bond acceptors (Lipinski definition) is 3. The Morgan fingerprint density at radius 2 is 1.36 bits per heavy atom. The van der Waals surface area contributed by atoms with E-state index in [4.69, 9.17) is 4.74 Å². The first-order valence-electron chi connectivity index (χ1n) is 9.06. The molecule has 0 aromatic heterocycles. The van der Waals surface area contributed by atoms with Crippen LogP contribution < -0.4 is 15.4 Å². The third kappa shape index (κ3) is 4.38. The van der Waals surface area contributed by atoms with Crippen LogP contribution in [0, 0.1) is 0 Å². The number of nitrogens with one attached hydrogen (secondary N) is 2. The third-order valence-corrected chi connectivity index (χ3v) is 4.32. The smallest absolute Gasteiger partial charge is 0.256 e. The second-order valence-corrected chi connectivity index (χ2v) is 6.18. The minimum atomic E-state index is -0.216. The highest BCUT2D eigenvalue weighted by Crippen LogP contribution is 2.32. The van der Waals surface area contributed by atoms with Gasteiger partial charge in [-0.25, -0.2) is 0 Å². The van der Waals surface area contributed by atoms with Crippen LogP contribution in [-0.4, -0.2) is 18.9 Å². The molecule has 3 aromatic rings. The van der Waals surface area contributed by atoms with Gasteiger partial charge in [0.05, 0.1) is 7.11 Å². The molecule has 3 rings (SSSR count). The van der Waals surface area contributed by atoms with E-state index < -0.39 is 0 Å². The van der Waals surface area contributed by atoms with Gasteiger partial charge in [0.2, 0.25) is 5.91 Å². The van der Waals surface area contributed by atoms with Crippen molar-refractivity contribution in [1.29, 1.82) is 0 Å². The lowest BCUT2D eigenvalue weighted by Crippen LogP contribution is -2.13. The zero-order chi connectivity index (χ0) is 19.9. The summed E-state index contributed by atoms with van der Waals surface area (Å²) in [7, 11) is 1.61. The standard InChI is InChI=1S/C23H22N2O3/c1-3-22(26)24-16-12-14-17(15-13-16)25-23(27)20-10-5-4-8-18(20)19-9-6-7-11-21(19)28-2/h4-15H,3H2,1-2H3,(H,24,26)(H,25,27). The molecular formula is C23H22N2O3. The molecule has 0 aliphatic carbocycles. The topological polar surface area (TPSA) is 67.4 Å². The van der Waals surface area contributed by atoms with Gasteiger partial charge in [-0.2, -0.15) is 0 Å². The summed E-state index contributed by atoms with van der Waals surface area (Å²) in [6.45, 7) is 1.79. The fourth-order valence-corrected chi connectivity index (χ4v) is 2.87. The summed E-state index contributed by atoms with van der Waals surface area (Å²) in [5, 5.41) is 5.69. The van der Waals surface area contributed by atoms with Crippen molar-refractivity contribution in [3.05, 3.63) is 78.4 Å². The zero-order valence-electron chi connectivity index (χ0n) is 15.9. The Morgan fingerprint density at radius 1 is 0.786 bits per heavy atom. The van der Waals surface area contributed by atoms with Crippen LogP contribution in [0.5, 0.6) is 5.75 Å². The first-order valence-corrected chi connectivity index (χ1v) is 9.06. The van der Waals surface area contributed by atoms with Crippen molar-refractivity contribution in [1.82, 2.24) is 0 Å². The Hall–Kier alpha value is -3.60. The van der Waals surface area contributed by atoms with E-state index in [0.29, 0.717) is 29.1 Å². The normalized spacial score (nSPS) is 10.2. The van der Waals surface area contributed by atoms with Gasteiger partial charge in [-0.15, -0.1) is 0 Å². The lowest BCUT2D eigenvalue weighted by atomic mass is 9.98. The summed E-state index contributed by atoms with van der Waals surface area (Å²) < 4.78 is 5.44. The van der Waals surface area contributed by atoms with Gasteiger partial charge in [-0.1, -0.05) is 43.3 Å². The van der Waals surface area contributed by atoms with Gasteiger partial charge in [-0.3, -0.25) is 9.59 Å². The number of methoxy groups -OCH3 is 1. The van der Waals surface area contributed by atoms with Crippen molar-refractivity contribution in [3.63, 3.8) is 0 Å². The molecule has 0 radical (unpaired) electrons. The zero-order valence-corrected chi connectivity index (χ0v) is 15.9. The van der Waals surface area contributed by atoms with Crippen molar-refractivity contribution >= 4 is 23.2 Å². The molecule has 0 aliphatic heterocycles. The predicted molar refractivity (Wildman–Crippen MR) is 112 cm³/mol. The van der Waals surface area contributed by atoms with Crippen LogP contribution in [0.1, 0.15) is 23.7 Å². The molecule has 3 aromatic carbocycles. The number of hydrogen-bond donors (Lipinski definition) is 2. The fourth-order valence-electron chi connectivity index (χ4n) is 2.87. The summed E-state index contributed by atoms with van der Waals surface area (Å²) in [6.07, 6.45) is 0.415. The second kappa shape index (κ2) is 8.86. The Bertz CT molecular complexity index is 981. The number of carbonyl (C=O) groups is 2. The lowest BCUT2D eigenvalue weighted by Gasteiger charge is -2.13. The molecule has 2 amide bonds. The third-order valence-electron chi connectivity index (χ3n) is 4.32. The molecule has 0 spiro atoms. The maximum absolute atomic E-state index is 12.9. The van der Waals surface area contributed by atoms with E-state index in [9.17, 15) is 9.59 Å². The van der Waals surface area contributed by atoms with Gasteiger partial charge in [-0.05, 0) is 42.0 Å². The molecule has 142 valence electrons. The van der Waals surface area contributed by atoms with E-state index in [1.165, 1.54) is 0 Å². The Morgan fingerprint density at radius 3 is 2.00 bits per heavy atom. The maximum atomic E-state index is 12.9. The summed E-state index contributed by atoms with van der Waals surface area (Å²) in [5.74, 6) is 0.438. The van der Waals surface area contributed by atoms with Crippen molar-refractivity contribution in [2.45, 2.75) is 13.3 Å². The molecular weight excluding hydrogens is 352 g/mol. The summed E-state index contributed by atoms with van der Waals surface area (Å²) in [6, 6.07) is 22.0. The average molecular weight is 374 g/mol. The van der Waals surface area contributed by atoms with Gasteiger partial charge >= 0.3 is 0 Å². The number of anilines is 2. The van der Waals surface area contributed by atoms with Crippen LogP contribution in [-0.2, 0) is 4.79 Å².